The van der Waals surface area contributed by atoms with Crippen LogP contribution in [0.4, 0.5) is 0 Å². The Hall–Kier alpha value is -3.01. The fourth-order valence-electron chi connectivity index (χ4n) is 3.03. The minimum atomic E-state index is -0.0595. The SMILES string of the molecule is O=C(NC1CCOc2ccccc21)c1ccc(-n2cccc2)cc1. The molecule has 120 valence electrons. The third-order valence-corrected chi connectivity index (χ3v) is 4.30. The number of ether oxygens (including phenoxy) is 1. The van der Waals surface area contributed by atoms with Crippen LogP contribution in [0.25, 0.3) is 5.69 Å². The normalized spacial score (nSPS) is 16.1. The summed E-state index contributed by atoms with van der Waals surface area (Å²) in [5.41, 5.74) is 2.74. The third kappa shape index (κ3) is 2.78. The number of nitrogens with one attached hydrogen (secondary N) is 1. The van der Waals surface area contributed by atoms with Gasteiger partial charge in [0.15, 0.2) is 0 Å². The monoisotopic (exact) mass is 318 g/mol. The lowest BCUT2D eigenvalue weighted by Crippen LogP contribution is -2.32. The molecule has 0 bridgehead atoms. The van der Waals surface area contributed by atoms with Crippen molar-refractivity contribution in [2.24, 2.45) is 0 Å². The van der Waals surface area contributed by atoms with Crippen molar-refractivity contribution in [2.75, 3.05) is 6.61 Å². The van der Waals surface area contributed by atoms with Crippen molar-refractivity contribution >= 4 is 5.91 Å². The number of hydrogen-bond donors (Lipinski definition) is 1. The molecule has 1 aliphatic heterocycles. The molecule has 0 spiro atoms. The van der Waals surface area contributed by atoms with Crippen LogP contribution in [-0.2, 0) is 0 Å². The number of para-hydroxylation sites is 1. The number of aromatic nitrogens is 1. The fraction of sp³-hybridized carbons (Fsp3) is 0.150. The summed E-state index contributed by atoms with van der Waals surface area (Å²) < 4.78 is 7.65. The Bertz CT molecular complexity index is 838. The summed E-state index contributed by atoms with van der Waals surface area (Å²) in [5.74, 6) is 0.799. The van der Waals surface area contributed by atoms with Crippen LogP contribution in [0, 0.1) is 0 Å². The molecule has 0 saturated heterocycles. The van der Waals surface area contributed by atoms with Gasteiger partial charge in [0.25, 0.3) is 5.91 Å². The van der Waals surface area contributed by atoms with E-state index in [4.69, 9.17) is 4.74 Å². The molecule has 4 rings (SSSR count). The van der Waals surface area contributed by atoms with Gasteiger partial charge in [-0.05, 0) is 42.5 Å². The third-order valence-electron chi connectivity index (χ3n) is 4.30. The maximum Gasteiger partial charge on any atom is 0.251 e. The Morgan fingerprint density at radius 3 is 2.54 bits per heavy atom. The molecule has 2 heterocycles. The lowest BCUT2D eigenvalue weighted by Gasteiger charge is -2.26. The standard InChI is InChI=1S/C20H18N2O2/c23-20(15-7-9-16(10-8-15)22-12-3-4-13-22)21-18-11-14-24-19-6-2-1-5-17(18)19/h1-10,12-13,18H,11,14H2,(H,21,23). The number of rotatable bonds is 3. The zero-order chi connectivity index (χ0) is 16.4. The van der Waals surface area contributed by atoms with Crippen molar-refractivity contribution in [3.8, 4) is 11.4 Å². The predicted octanol–water partition coefficient (Wildman–Crippen LogP) is 3.73. The molecular weight excluding hydrogens is 300 g/mol. The molecule has 4 nitrogen and oxygen atoms in total. The van der Waals surface area contributed by atoms with E-state index in [0.717, 1.165) is 23.4 Å². The van der Waals surface area contributed by atoms with Crippen molar-refractivity contribution in [3.05, 3.63) is 84.2 Å². The largest absolute Gasteiger partial charge is 0.493 e. The van der Waals surface area contributed by atoms with E-state index in [2.05, 4.69) is 5.32 Å². The van der Waals surface area contributed by atoms with E-state index in [9.17, 15) is 4.79 Å². The van der Waals surface area contributed by atoms with Crippen molar-refractivity contribution < 1.29 is 9.53 Å². The van der Waals surface area contributed by atoms with Crippen LogP contribution in [-0.4, -0.2) is 17.1 Å². The van der Waals surface area contributed by atoms with Crippen LogP contribution in [0.1, 0.15) is 28.4 Å². The number of carbonyl (C=O) groups is 1. The second kappa shape index (κ2) is 6.24. The lowest BCUT2D eigenvalue weighted by atomic mass is 10.00. The van der Waals surface area contributed by atoms with E-state index in [1.165, 1.54) is 0 Å². The zero-order valence-corrected chi connectivity index (χ0v) is 13.2. The average molecular weight is 318 g/mol. The quantitative estimate of drug-likeness (QED) is 0.799. The molecule has 24 heavy (non-hydrogen) atoms. The van der Waals surface area contributed by atoms with Crippen LogP contribution in [0.15, 0.2) is 73.1 Å². The van der Waals surface area contributed by atoms with E-state index in [-0.39, 0.29) is 11.9 Å². The molecule has 1 N–H and O–H groups in total. The Balaban J connectivity index is 1.51. The molecule has 0 fully saturated rings. The Morgan fingerprint density at radius 2 is 1.75 bits per heavy atom. The fourth-order valence-corrected chi connectivity index (χ4v) is 3.03. The van der Waals surface area contributed by atoms with Gasteiger partial charge >= 0.3 is 0 Å². The van der Waals surface area contributed by atoms with Gasteiger partial charge in [-0.2, -0.15) is 0 Å². The number of benzene rings is 2. The summed E-state index contributed by atoms with van der Waals surface area (Å²) in [6.45, 7) is 0.620. The molecule has 3 aromatic rings. The van der Waals surface area contributed by atoms with Gasteiger partial charge in [-0.1, -0.05) is 18.2 Å². The van der Waals surface area contributed by atoms with Crippen molar-refractivity contribution in [1.82, 2.24) is 9.88 Å². The second-order valence-corrected chi connectivity index (χ2v) is 5.84. The van der Waals surface area contributed by atoms with Crippen LogP contribution < -0.4 is 10.1 Å². The molecule has 0 saturated carbocycles. The first kappa shape index (κ1) is 14.6. The van der Waals surface area contributed by atoms with E-state index in [0.29, 0.717) is 12.2 Å². The van der Waals surface area contributed by atoms with Gasteiger partial charge in [-0.3, -0.25) is 4.79 Å². The summed E-state index contributed by atoms with van der Waals surface area (Å²) in [6.07, 6.45) is 4.74. The molecule has 4 heteroatoms. The topological polar surface area (TPSA) is 43.3 Å². The highest BCUT2D eigenvalue weighted by atomic mass is 16.5. The first-order valence-corrected chi connectivity index (χ1v) is 8.07. The number of carbonyl (C=O) groups excluding carboxylic acids is 1. The molecule has 2 aromatic carbocycles. The van der Waals surface area contributed by atoms with Gasteiger partial charge in [-0.25, -0.2) is 0 Å². The number of fused-ring (bicyclic) bond motifs is 1. The van der Waals surface area contributed by atoms with Crippen molar-refractivity contribution in [3.63, 3.8) is 0 Å². The summed E-state index contributed by atoms with van der Waals surface area (Å²) in [4.78, 5) is 12.6. The summed E-state index contributed by atoms with van der Waals surface area (Å²) in [7, 11) is 0. The smallest absolute Gasteiger partial charge is 0.251 e. The maximum absolute atomic E-state index is 12.6. The van der Waals surface area contributed by atoms with Gasteiger partial charge in [0.2, 0.25) is 0 Å². The summed E-state index contributed by atoms with van der Waals surface area (Å²) in [6, 6.07) is 19.4. The minimum absolute atomic E-state index is 0.00780. The molecule has 0 aliphatic carbocycles. The maximum atomic E-state index is 12.6. The zero-order valence-electron chi connectivity index (χ0n) is 13.2. The van der Waals surface area contributed by atoms with Gasteiger partial charge in [0, 0.05) is 35.6 Å². The molecule has 1 amide bonds. The summed E-state index contributed by atoms with van der Waals surface area (Å²) in [5, 5.41) is 3.12. The Labute approximate surface area is 140 Å². The highest BCUT2D eigenvalue weighted by Gasteiger charge is 2.22. The van der Waals surface area contributed by atoms with Gasteiger partial charge in [0.05, 0.1) is 12.6 Å². The Morgan fingerprint density at radius 1 is 1.00 bits per heavy atom. The number of hydrogen-bond acceptors (Lipinski definition) is 2. The van der Waals surface area contributed by atoms with E-state index >= 15 is 0 Å². The summed E-state index contributed by atoms with van der Waals surface area (Å²) >= 11 is 0. The predicted molar refractivity (Wildman–Crippen MR) is 92.5 cm³/mol. The average Bonchev–Trinajstić information content (AvgIpc) is 3.17. The van der Waals surface area contributed by atoms with Crippen LogP contribution in [0.2, 0.25) is 0 Å². The van der Waals surface area contributed by atoms with E-state index < -0.39 is 0 Å². The second-order valence-electron chi connectivity index (χ2n) is 5.84. The highest BCUT2D eigenvalue weighted by molar-refractivity contribution is 5.94. The van der Waals surface area contributed by atoms with Crippen LogP contribution in [0.3, 0.4) is 0 Å². The van der Waals surface area contributed by atoms with Crippen LogP contribution in [0.5, 0.6) is 5.75 Å². The van der Waals surface area contributed by atoms with Crippen LogP contribution >= 0.6 is 0 Å². The molecular formula is C20H18N2O2. The molecule has 1 unspecified atom stereocenters. The molecule has 0 radical (unpaired) electrons. The molecule has 1 atom stereocenters. The Kier molecular flexibility index (Phi) is 3.79. The first-order valence-electron chi connectivity index (χ1n) is 8.07. The molecule has 1 aliphatic rings. The number of amides is 1. The van der Waals surface area contributed by atoms with Gasteiger partial charge < -0.3 is 14.6 Å². The first-order chi connectivity index (χ1) is 11.8. The lowest BCUT2D eigenvalue weighted by molar-refractivity contribution is 0.0925. The van der Waals surface area contributed by atoms with Crippen molar-refractivity contribution in [2.45, 2.75) is 12.5 Å². The van der Waals surface area contributed by atoms with Gasteiger partial charge in [-0.15, -0.1) is 0 Å². The minimum Gasteiger partial charge on any atom is -0.493 e. The van der Waals surface area contributed by atoms with Crippen molar-refractivity contribution in [1.29, 1.82) is 0 Å². The molecule has 1 aromatic heterocycles. The van der Waals surface area contributed by atoms with E-state index in [1.54, 1.807) is 0 Å². The highest BCUT2D eigenvalue weighted by Crippen LogP contribution is 2.31. The van der Waals surface area contributed by atoms with Gasteiger partial charge in [0.1, 0.15) is 5.75 Å². The van der Waals surface area contributed by atoms with E-state index in [1.807, 2.05) is 77.6 Å². The number of nitrogens with zero attached hydrogens (tertiary/aromatic N) is 1.